The first-order valence-corrected chi connectivity index (χ1v) is 6.43. The first kappa shape index (κ1) is 10.5. The van der Waals surface area contributed by atoms with Gasteiger partial charge in [-0.25, -0.2) is 0 Å². The highest BCUT2D eigenvalue weighted by Crippen LogP contribution is 2.57. The molecule has 1 aliphatic heterocycles. The molecule has 3 aliphatic rings. The topological polar surface area (TPSA) is 18.5 Å². The maximum atomic E-state index is 5.97. The van der Waals surface area contributed by atoms with Crippen LogP contribution in [0.5, 0.6) is 0 Å². The van der Waals surface area contributed by atoms with Gasteiger partial charge >= 0.3 is 0 Å². The Balaban J connectivity index is 1.67. The van der Waals surface area contributed by atoms with E-state index in [4.69, 9.17) is 9.47 Å². The molecule has 1 saturated carbocycles. The van der Waals surface area contributed by atoms with Gasteiger partial charge in [0.05, 0.1) is 13.2 Å². The average Bonchev–Trinajstić information content (AvgIpc) is 3.04. The summed E-state index contributed by atoms with van der Waals surface area (Å²) in [5.74, 6) is 0.752. The molecule has 0 amide bonds. The summed E-state index contributed by atoms with van der Waals surface area (Å²) in [6, 6.07) is 0. The van der Waals surface area contributed by atoms with Crippen molar-refractivity contribution in [3.63, 3.8) is 0 Å². The van der Waals surface area contributed by atoms with E-state index in [9.17, 15) is 0 Å². The van der Waals surface area contributed by atoms with Crippen molar-refractivity contribution in [2.45, 2.75) is 38.9 Å². The Labute approximate surface area is 97.3 Å². The summed E-state index contributed by atoms with van der Waals surface area (Å²) in [5, 5.41) is 0. The molecule has 2 nitrogen and oxygen atoms in total. The van der Waals surface area contributed by atoms with Gasteiger partial charge in [-0.1, -0.05) is 25.2 Å². The van der Waals surface area contributed by atoms with Crippen LogP contribution in [0.4, 0.5) is 0 Å². The number of ether oxygens (including phenoxy) is 2. The van der Waals surface area contributed by atoms with Crippen LogP contribution < -0.4 is 0 Å². The Morgan fingerprint density at radius 3 is 3.12 bits per heavy atom. The minimum atomic E-state index is -0.0684. The van der Waals surface area contributed by atoms with Gasteiger partial charge in [0.15, 0.2) is 6.29 Å². The number of rotatable bonds is 2. The fraction of sp³-hybridized carbons (Fsp3) is 0.714. The van der Waals surface area contributed by atoms with E-state index < -0.39 is 0 Å². The molecule has 1 unspecified atom stereocenters. The minimum absolute atomic E-state index is 0.0684. The second kappa shape index (κ2) is 4.01. The molecule has 1 heterocycles. The Bertz CT molecular complexity index is 332. The lowest BCUT2D eigenvalue weighted by atomic mass is 10.0. The van der Waals surface area contributed by atoms with E-state index in [1.807, 2.05) is 0 Å². The molecule has 0 aromatic carbocycles. The summed E-state index contributed by atoms with van der Waals surface area (Å²) in [5.41, 5.74) is 1.77. The molecular weight excluding hydrogens is 200 g/mol. The predicted octanol–water partition coefficient (Wildman–Crippen LogP) is 3.05. The molecule has 0 aromatic heterocycles. The first-order chi connectivity index (χ1) is 7.84. The average molecular weight is 220 g/mol. The second-order valence-electron chi connectivity index (χ2n) is 5.30. The van der Waals surface area contributed by atoms with Gasteiger partial charge in [0.2, 0.25) is 0 Å². The number of allylic oxidation sites excluding steroid dienone is 3. The Hall–Kier alpha value is -0.600. The van der Waals surface area contributed by atoms with E-state index in [2.05, 4.69) is 25.2 Å². The van der Waals surface area contributed by atoms with E-state index in [1.165, 1.54) is 18.4 Å². The van der Waals surface area contributed by atoms with Gasteiger partial charge in [-0.2, -0.15) is 0 Å². The SMILES string of the molecule is CC[C@@]12COC(C3=CC=CCC3)OC[C@@H]1C2. The van der Waals surface area contributed by atoms with Crippen LogP contribution in [0.15, 0.2) is 23.8 Å². The van der Waals surface area contributed by atoms with E-state index in [1.54, 1.807) is 0 Å². The maximum Gasteiger partial charge on any atom is 0.180 e. The number of hydrogen-bond donors (Lipinski definition) is 0. The summed E-state index contributed by atoms with van der Waals surface area (Å²) in [4.78, 5) is 0. The van der Waals surface area contributed by atoms with Crippen LogP contribution >= 0.6 is 0 Å². The fourth-order valence-electron chi connectivity index (χ4n) is 2.90. The van der Waals surface area contributed by atoms with Crippen LogP contribution in [0.25, 0.3) is 0 Å². The van der Waals surface area contributed by atoms with E-state index in [0.29, 0.717) is 5.41 Å². The standard InChI is InChI=1S/C14H20O2/c1-2-14-8-12(14)9-15-13(16-10-14)11-6-4-3-5-7-11/h3-4,6,12-13H,2,5,7-10H2,1H3/t12-,13?,14+/m0/s1. The zero-order chi connectivity index (χ0) is 11.0. The van der Waals surface area contributed by atoms with Crippen LogP contribution in [-0.4, -0.2) is 19.5 Å². The summed E-state index contributed by atoms with van der Waals surface area (Å²) in [6.45, 7) is 4.05. The Morgan fingerprint density at radius 2 is 2.38 bits per heavy atom. The molecule has 1 saturated heterocycles. The minimum Gasteiger partial charge on any atom is -0.348 e. The van der Waals surface area contributed by atoms with E-state index >= 15 is 0 Å². The summed E-state index contributed by atoms with van der Waals surface area (Å²) in [7, 11) is 0. The molecule has 16 heavy (non-hydrogen) atoms. The molecule has 2 aliphatic carbocycles. The van der Waals surface area contributed by atoms with Crippen molar-refractivity contribution in [1.29, 1.82) is 0 Å². The van der Waals surface area contributed by atoms with Gasteiger partial charge in [-0.3, -0.25) is 0 Å². The number of fused-ring (bicyclic) bond motifs is 1. The Kier molecular flexibility index (Phi) is 2.64. The largest absolute Gasteiger partial charge is 0.348 e. The molecule has 0 radical (unpaired) electrons. The smallest absolute Gasteiger partial charge is 0.180 e. The third kappa shape index (κ3) is 1.74. The lowest BCUT2D eigenvalue weighted by Crippen LogP contribution is -2.21. The summed E-state index contributed by atoms with van der Waals surface area (Å²) in [6.07, 6.45) is 11.1. The molecule has 0 N–H and O–H groups in total. The van der Waals surface area contributed by atoms with Gasteiger partial charge in [-0.05, 0) is 42.6 Å². The zero-order valence-corrected chi connectivity index (χ0v) is 9.95. The molecule has 0 spiro atoms. The highest BCUT2D eigenvalue weighted by atomic mass is 16.7. The van der Waals surface area contributed by atoms with Gasteiger partial charge in [-0.15, -0.1) is 0 Å². The van der Waals surface area contributed by atoms with Gasteiger partial charge in [0.25, 0.3) is 0 Å². The predicted molar refractivity (Wildman–Crippen MR) is 63.0 cm³/mol. The van der Waals surface area contributed by atoms with Gasteiger partial charge in [0, 0.05) is 0 Å². The monoisotopic (exact) mass is 220 g/mol. The normalized spacial score (nSPS) is 42.2. The van der Waals surface area contributed by atoms with E-state index in [-0.39, 0.29) is 6.29 Å². The zero-order valence-electron chi connectivity index (χ0n) is 9.95. The van der Waals surface area contributed by atoms with Gasteiger partial charge in [0.1, 0.15) is 0 Å². The van der Waals surface area contributed by atoms with Crippen molar-refractivity contribution in [2.75, 3.05) is 13.2 Å². The quantitative estimate of drug-likeness (QED) is 0.712. The lowest BCUT2D eigenvalue weighted by molar-refractivity contribution is -0.114. The highest BCUT2D eigenvalue weighted by Gasteiger charge is 2.54. The Morgan fingerprint density at radius 1 is 1.44 bits per heavy atom. The van der Waals surface area contributed by atoms with Crippen molar-refractivity contribution >= 4 is 0 Å². The molecule has 2 fully saturated rings. The van der Waals surface area contributed by atoms with Crippen molar-refractivity contribution < 1.29 is 9.47 Å². The first-order valence-electron chi connectivity index (χ1n) is 6.43. The second-order valence-corrected chi connectivity index (χ2v) is 5.30. The van der Waals surface area contributed by atoms with Crippen LogP contribution in [0.3, 0.4) is 0 Å². The lowest BCUT2D eigenvalue weighted by Gasteiger charge is -2.21. The third-order valence-corrected chi connectivity index (χ3v) is 4.38. The summed E-state index contributed by atoms with van der Waals surface area (Å²) >= 11 is 0. The molecular formula is C14H20O2. The van der Waals surface area contributed by atoms with Crippen LogP contribution in [0.1, 0.15) is 32.6 Å². The van der Waals surface area contributed by atoms with Crippen molar-refractivity contribution in [3.05, 3.63) is 23.8 Å². The maximum absolute atomic E-state index is 5.97. The van der Waals surface area contributed by atoms with Crippen molar-refractivity contribution in [3.8, 4) is 0 Å². The summed E-state index contributed by atoms with van der Waals surface area (Å²) < 4.78 is 11.9. The number of hydrogen-bond acceptors (Lipinski definition) is 2. The van der Waals surface area contributed by atoms with Crippen LogP contribution in [0.2, 0.25) is 0 Å². The molecule has 2 heteroatoms. The van der Waals surface area contributed by atoms with Crippen molar-refractivity contribution in [2.24, 2.45) is 11.3 Å². The van der Waals surface area contributed by atoms with Crippen LogP contribution in [-0.2, 0) is 9.47 Å². The van der Waals surface area contributed by atoms with Crippen molar-refractivity contribution in [1.82, 2.24) is 0 Å². The fourth-order valence-corrected chi connectivity index (χ4v) is 2.90. The molecule has 0 bridgehead atoms. The van der Waals surface area contributed by atoms with E-state index in [0.717, 1.165) is 32.0 Å². The third-order valence-electron chi connectivity index (χ3n) is 4.38. The molecule has 3 rings (SSSR count). The molecule has 0 aromatic rings. The highest BCUT2D eigenvalue weighted by molar-refractivity contribution is 5.20. The van der Waals surface area contributed by atoms with Gasteiger partial charge < -0.3 is 9.47 Å². The van der Waals surface area contributed by atoms with Crippen LogP contribution in [0, 0.1) is 11.3 Å². The molecule has 88 valence electrons. The molecule has 3 atom stereocenters.